The summed E-state index contributed by atoms with van der Waals surface area (Å²) in [7, 11) is 0. The zero-order valence-corrected chi connectivity index (χ0v) is 13.2. The Kier molecular flexibility index (Phi) is 5.93. The van der Waals surface area contributed by atoms with Crippen LogP contribution in [0.1, 0.15) is 19.4 Å². The van der Waals surface area contributed by atoms with Gasteiger partial charge >= 0.3 is 0 Å². The van der Waals surface area contributed by atoms with Gasteiger partial charge in [0.2, 0.25) is 0 Å². The van der Waals surface area contributed by atoms with Crippen LogP contribution in [0.5, 0.6) is 0 Å². The van der Waals surface area contributed by atoms with Gasteiger partial charge in [0.05, 0.1) is 12.7 Å². The number of morpholine rings is 1. The van der Waals surface area contributed by atoms with Crippen molar-refractivity contribution in [1.29, 1.82) is 5.26 Å². The molecule has 0 saturated carbocycles. The highest BCUT2D eigenvalue weighted by atomic mass is 16.5. The zero-order valence-electron chi connectivity index (χ0n) is 13.2. The maximum Gasteiger partial charge on any atom is 0.251 e. The maximum absolute atomic E-state index is 12.3. The molecule has 0 aromatic heterocycles. The SMILES string of the molecule is CC(C)[C@@H](C#N)NC(=O)[C@@H]1CN(Cc2ccccc2)CCO1. The largest absolute Gasteiger partial charge is 0.366 e. The number of carbonyl (C=O) groups excluding carboxylic acids is 1. The first-order chi connectivity index (χ1) is 10.6. The van der Waals surface area contributed by atoms with E-state index in [9.17, 15) is 4.79 Å². The number of hydrogen-bond acceptors (Lipinski definition) is 4. The van der Waals surface area contributed by atoms with E-state index in [-0.39, 0.29) is 11.8 Å². The molecule has 2 atom stereocenters. The lowest BCUT2D eigenvalue weighted by molar-refractivity contribution is -0.139. The highest BCUT2D eigenvalue weighted by Gasteiger charge is 2.28. The van der Waals surface area contributed by atoms with E-state index in [1.54, 1.807) is 0 Å². The van der Waals surface area contributed by atoms with Crippen molar-refractivity contribution in [3.05, 3.63) is 35.9 Å². The first-order valence-corrected chi connectivity index (χ1v) is 7.68. The fourth-order valence-electron chi connectivity index (χ4n) is 2.44. The molecule has 1 aliphatic rings. The average Bonchev–Trinajstić information content (AvgIpc) is 2.53. The molecular weight excluding hydrogens is 278 g/mol. The number of rotatable bonds is 5. The normalized spacial score (nSPS) is 20.4. The highest BCUT2D eigenvalue weighted by molar-refractivity contribution is 5.81. The summed E-state index contributed by atoms with van der Waals surface area (Å²) in [6.45, 7) is 6.53. The van der Waals surface area contributed by atoms with Crippen molar-refractivity contribution in [2.24, 2.45) is 5.92 Å². The Bertz CT molecular complexity index is 524. The van der Waals surface area contributed by atoms with Crippen molar-refractivity contribution in [1.82, 2.24) is 10.2 Å². The fourth-order valence-corrected chi connectivity index (χ4v) is 2.44. The molecule has 1 N–H and O–H groups in total. The number of amides is 1. The van der Waals surface area contributed by atoms with E-state index in [0.717, 1.165) is 13.1 Å². The molecule has 1 saturated heterocycles. The van der Waals surface area contributed by atoms with Crippen LogP contribution in [0.3, 0.4) is 0 Å². The Hall–Kier alpha value is -1.90. The van der Waals surface area contributed by atoms with Crippen LogP contribution < -0.4 is 5.32 Å². The maximum atomic E-state index is 12.3. The minimum Gasteiger partial charge on any atom is -0.366 e. The van der Waals surface area contributed by atoms with Gasteiger partial charge in [0, 0.05) is 19.6 Å². The zero-order chi connectivity index (χ0) is 15.9. The number of hydrogen-bond donors (Lipinski definition) is 1. The molecule has 0 radical (unpaired) electrons. The Morgan fingerprint density at radius 1 is 1.45 bits per heavy atom. The van der Waals surface area contributed by atoms with Crippen LogP contribution in [0.4, 0.5) is 0 Å². The molecule has 1 aromatic rings. The van der Waals surface area contributed by atoms with Gasteiger partial charge in [-0.15, -0.1) is 0 Å². The third-order valence-corrected chi connectivity index (χ3v) is 3.80. The molecule has 1 aromatic carbocycles. The number of ether oxygens (including phenoxy) is 1. The van der Waals surface area contributed by atoms with Crippen molar-refractivity contribution >= 4 is 5.91 Å². The average molecular weight is 301 g/mol. The molecule has 0 spiro atoms. The summed E-state index contributed by atoms with van der Waals surface area (Å²) in [6, 6.07) is 11.8. The van der Waals surface area contributed by atoms with Crippen molar-refractivity contribution in [3.63, 3.8) is 0 Å². The molecule has 1 aliphatic heterocycles. The highest BCUT2D eigenvalue weighted by Crippen LogP contribution is 2.11. The summed E-state index contributed by atoms with van der Waals surface area (Å²) in [6.07, 6.45) is -0.507. The van der Waals surface area contributed by atoms with Gasteiger partial charge in [-0.25, -0.2) is 0 Å². The van der Waals surface area contributed by atoms with Gasteiger partial charge in [-0.2, -0.15) is 5.26 Å². The van der Waals surface area contributed by atoms with E-state index >= 15 is 0 Å². The van der Waals surface area contributed by atoms with Gasteiger partial charge in [-0.1, -0.05) is 44.2 Å². The van der Waals surface area contributed by atoms with E-state index in [1.165, 1.54) is 5.56 Å². The standard InChI is InChI=1S/C17H23N3O2/c1-13(2)15(10-18)19-17(21)16-12-20(8-9-22-16)11-14-6-4-3-5-7-14/h3-7,13,15-16H,8-9,11-12H2,1-2H3,(H,19,21)/t15-,16+/m1/s1. The number of nitrogens with one attached hydrogen (secondary N) is 1. The third-order valence-electron chi connectivity index (χ3n) is 3.80. The molecule has 2 rings (SSSR count). The van der Waals surface area contributed by atoms with Gasteiger partial charge in [0.15, 0.2) is 0 Å². The molecule has 0 aliphatic carbocycles. The topological polar surface area (TPSA) is 65.4 Å². The predicted octanol–water partition coefficient (Wildman–Crippen LogP) is 1.55. The summed E-state index contributed by atoms with van der Waals surface area (Å²) < 4.78 is 5.57. The molecule has 1 amide bonds. The van der Waals surface area contributed by atoms with Crippen molar-refractivity contribution in [2.45, 2.75) is 32.5 Å². The minimum absolute atomic E-state index is 0.0814. The van der Waals surface area contributed by atoms with Gasteiger partial charge in [0.1, 0.15) is 12.1 Å². The van der Waals surface area contributed by atoms with Crippen LogP contribution in [0.2, 0.25) is 0 Å². The molecular formula is C17H23N3O2. The lowest BCUT2D eigenvalue weighted by atomic mass is 10.1. The quantitative estimate of drug-likeness (QED) is 0.896. The smallest absolute Gasteiger partial charge is 0.251 e. The van der Waals surface area contributed by atoms with Gasteiger partial charge in [-0.05, 0) is 11.5 Å². The summed E-state index contributed by atoms with van der Waals surface area (Å²) in [5.74, 6) is -0.115. The summed E-state index contributed by atoms with van der Waals surface area (Å²) in [5, 5.41) is 11.8. The fraction of sp³-hybridized carbons (Fsp3) is 0.529. The number of nitriles is 1. The summed E-state index contributed by atoms with van der Waals surface area (Å²) >= 11 is 0. The lowest BCUT2D eigenvalue weighted by Gasteiger charge is -2.32. The van der Waals surface area contributed by atoms with Gasteiger partial charge < -0.3 is 10.1 Å². The number of benzene rings is 1. The predicted molar refractivity (Wildman–Crippen MR) is 83.8 cm³/mol. The van der Waals surface area contributed by atoms with Crippen LogP contribution in [0.15, 0.2) is 30.3 Å². The van der Waals surface area contributed by atoms with Crippen molar-refractivity contribution in [2.75, 3.05) is 19.7 Å². The Labute approximate surface area is 131 Å². The number of carbonyl (C=O) groups is 1. The first-order valence-electron chi connectivity index (χ1n) is 7.68. The Morgan fingerprint density at radius 3 is 2.82 bits per heavy atom. The van der Waals surface area contributed by atoms with Crippen molar-refractivity contribution in [3.8, 4) is 6.07 Å². The second-order valence-corrected chi connectivity index (χ2v) is 5.94. The third kappa shape index (κ3) is 4.55. The number of nitrogens with zero attached hydrogens (tertiary/aromatic N) is 2. The van der Waals surface area contributed by atoms with Crippen LogP contribution in [-0.2, 0) is 16.1 Å². The Balaban J connectivity index is 1.90. The second kappa shape index (κ2) is 7.92. The molecule has 0 unspecified atom stereocenters. The van der Waals surface area contributed by atoms with Crippen LogP contribution >= 0.6 is 0 Å². The van der Waals surface area contributed by atoms with E-state index in [1.807, 2.05) is 32.0 Å². The molecule has 5 nitrogen and oxygen atoms in total. The second-order valence-electron chi connectivity index (χ2n) is 5.94. The summed E-state index contributed by atoms with van der Waals surface area (Å²) in [4.78, 5) is 14.5. The van der Waals surface area contributed by atoms with E-state index < -0.39 is 12.1 Å². The molecule has 1 heterocycles. The minimum atomic E-state index is -0.507. The van der Waals surface area contributed by atoms with Crippen LogP contribution in [-0.4, -0.2) is 42.6 Å². The first kappa shape index (κ1) is 16.5. The van der Waals surface area contributed by atoms with E-state index in [0.29, 0.717) is 13.2 Å². The monoisotopic (exact) mass is 301 g/mol. The van der Waals surface area contributed by atoms with Gasteiger partial charge in [0.25, 0.3) is 5.91 Å². The van der Waals surface area contributed by atoms with Crippen LogP contribution in [0.25, 0.3) is 0 Å². The van der Waals surface area contributed by atoms with Gasteiger partial charge in [-0.3, -0.25) is 9.69 Å². The van der Waals surface area contributed by atoms with E-state index in [2.05, 4.69) is 28.4 Å². The van der Waals surface area contributed by atoms with E-state index in [4.69, 9.17) is 10.00 Å². The molecule has 0 bridgehead atoms. The molecule has 1 fully saturated rings. The van der Waals surface area contributed by atoms with Crippen LogP contribution in [0, 0.1) is 17.2 Å². The molecule has 22 heavy (non-hydrogen) atoms. The molecule has 5 heteroatoms. The Morgan fingerprint density at radius 2 is 2.18 bits per heavy atom. The van der Waals surface area contributed by atoms with Crippen molar-refractivity contribution < 1.29 is 9.53 Å². The molecule has 118 valence electrons. The lowest BCUT2D eigenvalue weighted by Crippen LogP contribution is -2.52. The summed E-state index contributed by atoms with van der Waals surface area (Å²) in [5.41, 5.74) is 1.22.